The molecule has 0 N–H and O–H groups in total. The summed E-state index contributed by atoms with van der Waals surface area (Å²) in [5.41, 5.74) is 2.46. The first-order valence-corrected chi connectivity index (χ1v) is 5.94. The van der Waals surface area contributed by atoms with Gasteiger partial charge in [0.1, 0.15) is 0 Å². The number of hydrogen-bond donors (Lipinski definition) is 0. The number of aromatic nitrogens is 2. The molecule has 2 aromatic rings. The molecule has 1 unspecified atom stereocenters. The lowest BCUT2D eigenvalue weighted by Gasteiger charge is -1.95. The van der Waals surface area contributed by atoms with Crippen LogP contribution in [0.25, 0.3) is 10.9 Å². The van der Waals surface area contributed by atoms with Crippen molar-refractivity contribution >= 4 is 10.9 Å². The first-order valence-electron chi connectivity index (χ1n) is 5.94. The lowest BCUT2D eigenvalue weighted by Crippen LogP contribution is -1.98. The Morgan fingerprint density at radius 2 is 2.25 bits per heavy atom. The predicted molar refractivity (Wildman–Crippen MR) is 63.5 cm³/mol. The van der Waals surface area contributed by atoms with Crippen molar-refractivity contribution in [3.8, 4) is 0 Å². The van der Waals surface area contributed by atoms with Gasteiger partial charge in [-0.15, -0.1) is 0 Å². The third kappa shape index (κ3) is 1.71. The summed E-state index contributed by atoms with van der Waals surface area (Å²) in [5, 5.41) is 5.96. The molecule has 1 aliphatic rings. The molecule has 1 aromatic heterocycles. The van der Waals surface area contributed by atoms with E-state index in [4.69, 9.17) is 4.74 Å². The van der Waals surface area contributed by atoms with Crippen LogP contribution in [0.2, 0.25) is 0 Å². The smallest absolute Gasteiger partial charge is 0.0813 e. The van der Waals surface area contributed by atoms with Gasteiger partial charge in [0.25, 0.3) is 0 Å². The number of benzene rings is 1. The highest BCUT2D eigenvalue weighted by atomic mass is 16.6. The van der Waals surface area contributed by atoms with Crippen molar-refractivity contribution in [3.05, 3.63) is 30.0 Å². The average molecular weight is 216 g/mol. The van der Waals surface area contributed by atoms with Crippen LogP contribution in [-0.4, -0.2) is 22.5 Å². The zero-order valence-corrected chi connectivity index (χ0v) is 9.52. The van der Waals surface area contributed by atoms with Gasteiger partial charge in [0.15, 0.2) is 0 Å². The van der Waals surface area contributed by atoms with E-state index in [0.717, 1.165) is 26.0 Å². The van der Waals surface area contributed by atoms with E-state index in [1.54, 1.807) is 0 Å². The van der Waals surface area contributed by atoms with Gasteiger partial charge in [-0.2, -0.15) is 5.10 Å². The minimum Gasteiger partial charge on any atom is -0.373 e. The summed E-state index contributed by atoms with van der Waals surface area (Å²) < 4.78 is 7.32. The van der Waals surface area contributed by atoms with E-state index in [2.05, 4.69) is 41.0 Å². The van der Waals surface area contributed by atoms with E-state index in [1.165, 1.54) is 16.6 Å². The zero-order chi connectivity index (χ0) is 11.0. The van der Waals surface area contributed by atoms with Crippen LogP contribution in [0.15, 0.2) is 24.3 Å². The summed E-state index contributed by atoms with van der Waals surface area (Å²) >= 11 is 0. The highest BCUT2D eigenvalue weighted by molar-refractivity contribution is 5.81. The maximum absolute atomic E-state index is 5.24. The molecule has 0 spiro atoms. The molecule has 1 aliphatic heterocycles. The Kier molecular flexibility index (Phi) is 2.40. The molecule has 0 aliphatic carbocycles. The standard InChI is InChI=1S/C13H16N2O/c1-2-15-13-6-4-3-5-11(13)12(14-15)8-7-10-9-16-10/h3-6,10H,2,7-9H2,1H3. The Labute approximate surface area is 95.0 Å². The lowest BCUT2D eigenvalue weighted by atomic mass is 10.1. The Bertz CT molecular complexity index is 500. The number of ether oxygens (including phenoxy) is 1. The van der Waals surface area contributed by atoms with Crippen LogP contribution >= 0.6 is 0 Å². The SMILES string of the molecule is CCn1nc(CCC2CO2)c2ccccc21. The molecular formula is C13H16N2O. The van der Waals surface area contributed by atoms with Crippen molar-refractivity contribution in [2.45, 2.75) is 32.4 Å². The Morgan fingerprint density at radius 3 is 3.00 bits per heavy atom. The van der Waals surface area contributed by atoms with Crippen LogP contribution in [0.5, 0.6) is 0 Å². The van der Waals surface area contributed by atoms with Crippen LogP contribution in [0.1, 0.15) is 19.0 Å². The molecule has 84 valence electrons. The van der Waals surface area contributed by atoms with Crippen LogP contribution in [0.3, 0.4) is 0 Å². The van der Waals surface area contributed by atoms with Gasteiger partial charge in [0.05, 0.1) is 23.9 Å². The Morgan fingerprint density at radius 1 is 1.44 bits per heavy atom. The van der Waals surface area contributed by atoms with Crippen LogP contribution in [0, 0.1) is 0 Å². The fraction of sp³-hybridized carbons (Fsp3) is 0.462. The minimum absolute atomic E-state index is 0.491. The lowest BCUT2D eigenvalue weighted by molar-refractivity contribution is 0.396. The fourth-order valence-corrected chi connectivity index (χ4v) is 2.15. The van der Waals surface area contributed by atoms with Crippen molar-refractivity contribution in [1.29, 1.82) is 0 Å². The van der Waals surface area contributed by atoms with Gasteiger partial charge in [0.2, 0.25) is 0 Å². The molecule has 1 saturated heterocycles. The summed E-state index contributed by atoms with van der Waals surface area (Å²) in [4.78, 5) is 0. The van der Waals surface area contributed by atoms with Crippen LogP contribution in [0.4, 0.5) is 0 Å². The highest BCUT2D eigenvalue weighted by Gasteiger charge is 2.22. The maximum atomic E-state index is 5.24. The third-order valence-corrected chi connectivity index (χ3v) is 3.14. The van der Waals surface area contributed by atoms with Crippen molar-refractivity contribution in [2.75, 3.05) is 6.61 Å². The van der Waals surface area contributed by atoms with Gasteiger partial charge in [-0.05, 0) is 25.8 Å². The van der Waals surface area contributed by atoms with E-state index >= 15 is 0 Å². The number of fused-ring (bicyclic) bond motifs is 1. The summed E-state index contributed by atoms with van der Waals surface area (Å²) in [7, 11) is 0. The molecule has 3 rings (SSSR count). The van der Waals surface area contributed by atoms with Gasteiger partial charge < -0.3 is 4.74 Å². The molecule has 3 nitrogen and oxygen atoms in total. The number of para-hydroxylation sites is 1. The molecule has 1 atom stereocenters. The van der Waals surface area contributed by atoms with Gasteiger partial charge in [-0.1, -0.05) is 18.2 Å². The molecule has 1 aromatic carbocycles. The maximum Gasteiger partial charge on any atom is 0.0813 e. The number of aryl methyl sites for hydroxylation is 2. The van der Waals surface area contributed by atoms with Gasteiger partial charge >= 0.3 is 0 Å². The first kappa shape index (κ1) is 9.85. The molecule has 0 saturated carbocycles. The van der Waals surface area contributed by atoms with E-state index < -0.39 is 0 Å². The molecule has 2 heterocycles. The monoisotopic (exact) mass is 216 g/mol. The second kappa shape index (κ2) is 3.91. The Balaban J connectivity index is 1.95. The Hall–Kier alpha value is -1.35. The molecule has 0 radical (unpaired) electrons. The molecule has 3 heteroatoms. The second-order valence-corrected chi connectivity index (χ2v) is 4.27. The van der Waals surface area contributed by atoms with E-state index in [-0.39, 0.29) is 0 Å². The summed E-state index contributed by atoms with van der Waals surface area (Å²) in [6.07, 6.45) is 2.62. The minimum atomic E-state index is 0.491. The second-order valence-electron chi connectivity index (χ2n) is 4.27. The topological polar surface area (TPSA) is 30.4 Å². The van der Waals surface area contributed by atoms with Crippen molar-refractivity contribution in [1.82, 2.24) is 9.78 Å². The summed E-state index contributed by atoms with van der Waals surface area (Å²) in [6.45, 7) is 4.00. The van der Waals surface area contributed by atoms with E-state index in [9.17, 15) is 0 Å². The van der Waals surface area contributed by atoms with Crippen molar-refractivity contribution < 1.29 is 4.74 Å². The van der Waals surface area contributed by atoms with Crippen molar-refractivity contribution in [2.24, 2.45) is 0 Å². The molecule has 0 bridgehead atoms. The quantitative estimate of drug-likeness (QED) is 0.735. The molecular weight excluding hydrogens is 200 g/mol. The van der Waals surface area contributed by atoms with Gasteiger partial charge in [-0.25, -0.2) is 0 Å². The molecule has 16 heavy (non-hydrogen) atoms. The molecule has 0 amide bonds. The summed E-state index contributed by atoms with van der Waals surface area (Å²) in [6, 6.07) is 8.46. The fourth-order valence-electron chi connectivity index (χ4n) is 2.15. The normalized spacial score (nSPS) is 19.2. The number of hydrogen-bond acceptors (Lipinski definition) is 2. The van der Waals surface area contributed by atoms with Crippen LogP contribution in [-0.2, 0) is 17.7 Å². The van der Waals surface area contributed by atoms with Crippen LogP contribution < -0.4 is 0 Å². The zero-order valence-electron chi connectivity index (χ0n) is 9.52. The number of epoxide rings is 1. The van der Waals surface area contributed by atoms with Gasteiger partial charge in [0, 0.05) is 11.9 Å². The number of rotatable bonds is 4. The van der Waals surface area contributed by atoms with Crippen molar-refractivity contribution in [3.63, 3.8) is 0 Å². The van der Waals surface area contributed by atoms with E-state index in [0.29, 0.717) is 6.10 Å². The third-order valence-electron chi connectivity index (χ3n) is 3.14. The predicted octanol–water partition coefficient (Wildman–Crippen LogP) is 2.39. The van der Waals surface area contributed by atoms with Gasteiger partial charge in [-0.3, -0.25) is 4.68 Å². The first-order chi connectivity index (χ1) is 7.88. The average Bonchev–Trinajstić information content (AvgIpc) is 3.08. The highest BCUT2D eigenvalue weighted by Crippen LogP contribution is 2.22. The molecule has 1 fully saturated rings. The largest absolute Gasteiger partial charge is 0.373 e. The number of nitrogens with zero attached hydrogens (tertiary/aromatic N) is 2. The summed E-state index contributed by atoms with van der Waals surface area (Å²) in [5.74, 6) is 0. The van der Waals surface area contributed by atoms with E-state index in [1.807, 2.05) is 0 Å².